The first-order valence-electron chi connectivity index (χ1n) is 11.3. The van der Waals surface area contributed by atoms with Crippen LogP contribution in [0.4, 0.5) is 5.69 Å². The van der Waals surface area contributed by atoms with E-state index < -0.39 is 0 Å². The first-order valence-corrected chi connectivity index (χ1v) is 11.3. The molecule has 0 N–H and O–H groups in total. The highest BCUT2D eigenvalue weighted by Gasteiger charge is 2.27. The number of fused-ring (bicyclic) bond motifs is 2. The predicted octanol–water partition coefficient (Wildman–Crippen LogP) is 3.61. The van der Waals surface area contributed by atoms with Crippen molar-refractivity contribution in [1.82, 2.24) is 19.5 Å². The molecule has 1 unspecified atom stereocenters. The molecule has 0 saturated carbocycles. The molecule has 1 saturated heterocycles. The Morgan fingerprint density at radius 3 is 2.68 bits per heavy atom. The van der Waals surface area contributed by atoms with Gasteiger partial charge in [0.05, 0.1) is 39.0 Å². The lowest BCUT2D eigenvalue weighted by Gasteiger charge is -2.32. The van der Waals surface area contributed by atoms with Gasteiger partial charge in [-0.2, -0.15) is 0 Å². The minimum atomic E-state index is -0.284. The zero-order chi connectivity index (χ0) is 23.1. The van der Waals surface area contributed by atoms with Gasteiger partial charge in [-0.3, -0.25) is 0 Å². The lowest BCUT2D eigenvalue weighted by Crippen LogP contribution is -2.36. The second-order valence-electron chi connectivity index (χ2n) is 8.43. The number of hydrogen-bond donors (Lipinski definition) is 0. The van der Waals surface area contributed by atoms with Crippen LogP contribution in [0.3, 0.4) is 0 Å². The highest BCUT2D eigenvalue weighted by Crippen LogP contribution is 2.44. The lowest BCUT2D eigenvalue weighted by molar-refractivity contribution is 0.0867. The Hall–Kier alpha value is -4.01. The Morgan fingerprint density at radius 2 is 1.94 bits per heavy atom. The molecule has 34 heavy (non-hydrogen) atoms. The van der Waals surface area contributed by atoms with Crippen LogP contribution in [0.15, 0.2) is 49.1 Å². The fraction of sp³-hybridized carbons (Fsp3) is 0.320. The normalized spacial score (nSPS) is 16.9. The van der Waals surface area contributed by atoms with E-state index in [0.717, 1.165) is 41.1 Å². The van der Waals surface area contributed by atoms with Gasteiger partial charge < -0.3 is 28.4 Å². The molecule has 2 aliphatic rings. The molecule has 2 aliphatic heterocycles. The van der Waals surface area contributed by atoms with E-state index in [1.165, 1.54) is 6.42 Å². The van der Waals surface area contributed by atoms with E-state index in [9.17, 15) is 0 Å². The first-order chi connectivity index (χ1) is 16.7. The van der Waals surface area contributed by atoms with Crippen LogP contribution in [0, 0.1) is 0 Å². The minimum Gasteiger partial charge on any atom is -0.493 e. The Bertz CT molecular complexity index is 1320. The second kappa shape index (κ2) is 8.40. The molecule has 1 aromatic carbocycles. The fourth-order valence-electron chi connectivity index (χ4n) is 4.30. The average Bonchev–Trinajstić information content (AvgIpc) is 3.24. The molecule has 5 heterocycles. The van der Waals surface area contributed by atoms with Gasteiger partial charge in [0.2, 0.25) is 11.6 Å². The minimum absolute atomic E-state index is 0.284. The maximum absolute atomic E-state index is 6.26. The summed E-state index contributed by atoms with van der Waals surface area (Å²) >= 11 is 0. The van der Waals surface area contributed by atoms with Crippen LogP contribution in [-0.2, 0) is 6.54 Å². The predicted molar refractivity (Wildman–Crippen MR) is 126 cm³/mol. The zero-order valence-electron chi connectivity index (χ0n) is 19.1. The number of aromatic nitrogens is 4. The van der Waals surface area contributed by atoms with Crippen molar-refractivity contribution in [2.45, 2.75) is 19.1 Å². The fourth-order valence-corrected chi connectivity index (χ4v) is 4.30. The Kier molecular flexibility index (Phi) is 5.09. The average molecular weight is 460 g/mol. The maximum Gasteiger partial charge on any atom is 0.212 e. The van der Waals surface area contributed by atoms with E-state index >= 15 is 0 Å². The number of benzene rings is 1. The van der Waals surface area contributed by atoms with Gasteiger partial charge >= 0.3 is 0 Å². The molecule has 1 atom stereocenters. The molecule has 174 valence electrons. The molecule has 0 bridgehead atoms. The summed E-state index contributed by atoms with van der Waals surface area (Å²) in [6, 6.07) is 9.80. The summed E-state index contributed by atoms with van der Waals surface area (Å²) in [4.78, 5) is 15.8. The van der Waals surface area contributed by atoms with Crippen molar-refractivity contribution >= 4 is 16.9 Å². The van der Waals surface area contributed by atoms with Crippen LogP contribution in [0.5, 0.6) is 23.1 Å². The van der Waals surface area contributed by atoms with Crippen molar-refractivity contribution in [2.24, 2.45) is 0 Å². The summed E-state index contributed by atoms with van der Waals surface area (Å²) in [6.45, 7) is 3.13. The third-order valence-corrected chi connectivity index (χ3v) is 6.31. The van der Waals surface area contributed by atoms with Crippen molar-refractivity contribution < 1.29 is 18.9 Å². The standard InChI is InChI=1S/C25H25N5O4/c1-31-20-8-16(13-30-15-28-19-10-18(12-27-25(19)30)29-6-3-7-29)9-21-24(20)34-22(14-33-21)17-4-5-23(32-2)26-11-17/h4-5,8-12,15,22H,3,6-7,13-14H2,1-2H3. The molecule has 3 aromatic heterocycles. The zero-order valence-corrected chi connectivity index (χ0v) is 19.1. The van der Waals surface area contributed by atoms with Crippen molar-refractivity contribution in [2.75, 3.05) is 38.8 Å². The molecule has 6 rings (SSSR count). The Balaban J connectivity index is 1.25. The van der Waals surface area contributed by atoms with Gasteiger partial charge in [-0.1, -0.05) is 0 Å². The largest absolute Gasteiger partial charge is 0.493 e. The van der Waals surface area contributed by atoms with Gasteiger partial charge in [0.15, 0.2) is 23.3 Å². The number of ether oxygens (including phenoxy) is 4. The van der Waals surface area contributed by atoms with Crippen LogP contribution in [0.25, 0.3) is 11.2 Å². The first kappa shape index (κ1) is 20.6. The quantitative estimate of drug-likeness (QED) is 0.432. The molecule has 1 fully saturated rings. The molecule has 0 spiro atoms. The van der Waals surface area contributed by atoms with Crippen LogP contribution in [0.1, 0.15) is 23.7 Å². The second-order valence-corrected chi connectivity index (χ2v) is 8.43. The summed E-state index contributed by atoms with van der Waals surface area (Å²) in [5, 5.41) is 0. The summed E-state index contributed by atoms with van der Waals surface area (Å²) in [7, 11) is 3.22. The molecule has 0 aliphatic carbocycles. The van der Waals surface area contributed by atoms with Crippen LogP contribution < -0.4 is 23.8 Å². The van der Waals surface area contributed by atoms with Gasteiger partial charge in [0.1, 0.15) is 12.1 Å². The lowest BCUT2D eigenvalue weighted by atomic mass is 10.1. The molecular weight excluding hydrogens is 434 g/mol. The summed E-state index contributed by atoms with van der Waals surface area (Å²) in [6.07, 6.45) is 6.44. The number of anilines is 1. The van der Waals surface area contributed by atoms with Gasteiger partial charge in [0, 0.05) is 30.9 Å². The van der Waals surface area contributed by atoms with Crippen molar-refractivity contribution in [3.8, 4) is 23.1 Å². The van der Waals surface area contributed by atoms with Gasteiger partial charge in [-0.25, -0.2) is 15.0 Å². The van der Waals surface area contributed by atoms with Gasteiger partial charge in [0.25, 0.3) is 0 Å². The maximum atomic E-state index is 6.26. The highest BCUT2D eigenvalue weighted by molar-refractivity contribution is 5.75. The van der Waals surface area contributed by atoms with Crippen molar-refractivity contribution in [3.63, 3.8) is 0 Å². The number of pyridine rings is 2. The molecule has 0 amide bonds. The third kappa shape index (κ3) is 3.63. The number of hydrogen-bond acceptors (Lipinski definition) is 8. The van der Waals surface area contributed by atoms with Crippen LogP contribution >= 0.6 is 0 Å². The molecule has 9 heteroatoms. The smallest absolute Gasteiger partial charge is 0.212 e. The topological polar surface area (TPSA) is 83.8 Å². The van der Waals surface area contributed by atoms with Crippen molar-refractivity contribution in [3.05, 3.63) is 60.2 Å². The highest BCUT2D eigenvalue weighted by atomic mass is 16.6. The molecule has 0 radical (unpaired) electrons. The van der Waals surface area contributed by atoms with E-state index in [4.69, 9.17) is 18.9 Å². The number of methoxy groups -OCH3 is 2. The Labute approximate surface area is 196 Å². The van der Waals surface area contributed by atoms with E-state index in [2.05, 4.69) is 25.9 Å². The third-order valence-electron chi connectivity index (χ3n) is 6.31. The number of rotatable bonds is 6. The summed E-state index contributed by atoms with van der Waals surface area (Å²) in [5.41, 5.74) is 4.80. The SMILES string of the molecule is COc1ccc(C2COc3cc(Cn4cnc5cc(N6CCC6)cnc54)cc(OC)c3O2)cn1. The summed E-state index contributed by atoms with van der Waals surface area (Å²) < 4.78 is 25.2. The van der Waals surface area contributed by atoms with Gasteiger partial charge in [-0.05, 0) is 36.2 Å². The van der Waals surface area contributed by atoms with Crippen molar-refractivity contribution in [1.29, 1.82) is 0 Å². The van der Waals surface area contributed by atoms with Gasteiger partial charge in [-0.15, -0.1) is 0 Å². The monoisotopic (exact) mass is 459 g/mol. The van der Waals surface area contributed by atoms with Crippen LogP contribution in [-0.4, -0.2) is 53.4 Å². The number of nitrogens with zero attached hydrogens (tertiary/aromatic N) is 5. The van der Waals surface area contributed by atoms with E-state index in [1.54, 1.807) is 20.4 Å². The molecule has 4 aromatic rings. The number of imidazole rings is 1. The molecule has 9 nitrogen and oxygen atoms in total. The summed E-state index contributed by atoms with van der Waals surface area (Å²) in [5.74, 6) is 2.42. The van der Waals surface area contributed by atoms with E-state index in [1.807, 2.05) is 41.4 Å². The van der Waals surface area contributed by atoms with E-state index in [0.29, 0.717) is 36.3 Å². The van der Waals surface area contributed by atoms with E-state index in [-0.39, 0.29) is 6.10 Å². The molecular formula is C25H25N5O4. The Morgan fingerprint density at radius 1 is 1.03 bits per heavy atom. The van der Waals surface area contributed by atoms with Crippen LogP contribution in [0.2, 0.25) is 0 Å².